The standard InChI is InChI=1S/C28H40N5O5PSi.C27H38N5O6PSi.H3N/c1-9-21-23(37-39(8)35)24(38-40(17(2)3,18(4)5)19(6)7)28(36-21)33-16-31-22-25(29-15-30-26(22)33)32-27(34)20-13-11-10-12-14-20;1-8-20-22(37-39(34)35)23(38-40(16(2)3,17(4)5)18(6)7)27(36-20)32-15-30-21-24(28-14-29-25(21)32)31-26(33)19-12-10-9-11-13-19;/h10-19,21,23-24,28H,9H2,1-8H3;9-18,20,22-23,27H,8H2,1-7H3,(H-,28,29,31,33,34,35);1H3/p+2/t21-,23+,24-,28-;20-,22+,23-,27-;/m11./s1. The molecule has 2 unspecified atom stereocenters. The van der Waals surface area contributed by atoms with Gasteiger partial charge in [0.1, 0.15) is 24.9 Å². The fourth-order valence-electron chi connectivity index (χ4n) is 12.4. The van der Waals surface area contributed by atoms with Gasteiger partial charge in [0.05, 0.1) is 24.9 Å². The highest BCUT2D eigenvalue weighted by Crippen LogP contribution is 2.50. The Morgan fingerprint density at radius 1 is 0.568 bits per heavy atom. The molecular weight excluding hydrogens is 1110 g/mol. The summed E-state index contributed by atoms with van der Waals surface area (Å²) in [6.45, 7) is 32.0. The van der Waals surface area contributed by atoms with E-state index in [0.717, 1.165) is 0 Å². The van der Waals surface area contributed by atoms with Gasteiger partial charge in [0, 0.05) is 15.7 Å². The number of nitrogens with zero attached hydrogens (tertiary/aromatic N) is 8. The largest absolute Gasteiger partial charge is 0.695 e. The number of aromatic nitrogens is 8. The van der Waals surface area contributed by atoms with Crippen molar-refractivity contribution in [3.63, 3.8) is 0 Å². The first-order valence-corrected chi connectivity index (χ1v) is 34.7. The molecule has 2 saturated heterocycles. The smallest absolute Gasteiger partial charge is 0.406 e. The molecular formula is C55H83N11O11P2Si2+2. The Hall–Kier alpha value is -5.21. The van der Waals surface area contributed by atoms with Crippen molar-refractivity contribution < 1.29 is 51.0 Å². The van der Waals surface area contributed by atoms with Crippen molar-refractivity contribution in [3.05, 3.63) is 97.1 Å². The molecule has 2 aliphatic rings. The molecule has 22 nitrogen and oxygen atoms in total. The molecule has 2 fully saturated rings. The molecule has 0 aliphatic carbocycles. The van der Waals surface area contributed by atoms with E-state index in [4.69, 9.17) is 27.4 Å². The molecule has 0 bridgehead atoms. The number of hydrogen-bond donors (Lipinski definition) is 4. The number of ether oxygens (including phenoxy) is 2. The highest BCUT2D eigenvalue weighted by Gasteiger charge is 2.58. The summed E-state index contributed by atoms with van der Waals surface area (Å²) in [6, 6.07) is 17.8. The monoisotopic (exact) mass is 1190 g/mol. The molecule has 2 amide bonds. The summed E-state index contributed by atoms with van der Waals surface area (Å²) >= 11 is 0. The maximum Gasteiger partial charge on any atom is 0.695 e. The van der Waals surface area contributed by atoms with Crippen molar-refractivity contribution in [2.24, 2.45) is 0 Å². The van der Waals surface area contributed by atoms with Crippen LogP contribution in [0.15, 0.2) is 86.0 Å². The minimum absolute atomic E-state index is 0. The molecule has 2 aromatic carbocycles. The second kappa shape index (κ2) is 27.9. The van der Waals surface area contributed by atoms with Crippen LogP contribution in [0.3, 0.4) is 0 Å². The van der Waals surface area contributed by atoms with Crippen molar-refractivity contribution in [2.45, 2.75) is 192 Å². The number of nitrogens with one attached hydrogen (secondary N) is 2. The lowest BCUT2D eigenvalue weighted by molar-refractivity contribution is -0.0331. The van der Waals surface area contributed by atoms with Crippen LogP contribution >= 0.6 is 16.3 Å². The van der Waals surface area contributed by atoms with Gasteiger partial charge in [0.25, 0.3) is 11.8 Å². The van der Waals surface area contributed by atoms with Gasteiger partial charge in [-0.3, -0.25) is 18.7 Å². The molecule has 0 radical (unpaired) electrons. The van der Waals surface area contributed by atoms with E-state index in [-0.39, 0.29) is 46.5 Å². The number of benzene rings is 2. The van der Waals surface area contributed by atoms with Crippen LogP contribution in [0, 0.1) is 0 Å². The van der Waals surface area contributed by atoms with E-state index in [2.05, 4.69) is 124 Å². The molecule has 6 N–H and O–H groups in total. The molecule has 440 valence electrons. The van der Waals surface area contributed by atoms with E-state index < -0.39 is 75.9 Å². The molecule has 6 heterocycles. The molecule has 6 aromatic rings. The third-order valence-corrected chi connectivity index (χ3v) is 28.9. The maximum absolute atomic E-state index is 12.9. The van der Waals surface area contributed by atoms with Gasteiger partial charge in [-0.05, 0) is 74.9 Å². The number of carbonyl (C=O) groups excluding carboxylic acids is 2. The van der Waals surface area contributed by atoms with Gasteiger partial charge >= 0.3 is 16.3 Å². The molecule has 4 aromatic heterocycles. The summed E-state index contributed by atoms with van der Waals surface area (Å²) in [5.41, 5.74) is 4.53. The van der Waals surface area contributed by atoms with Gasteiger partial charge in [-0.2, -0.15) is 0 Å². The first kappa shape index (κ1) is 65.0. The summed E-state index contributed by atoms with van der Waals surface area (Å²) in [5, 5.41) is 5.69. The Morgan fingerprint density at radius 2 is 0.914 bits per heavy atom. The normalized spacial score (nSPS) is 21.8. The molecule has 81 heavy (non-hydrogen) atoms. The predicted octanol–water partition coefficient (Wildman–Crippen LogP) is 12.8. The Kier molecular flexibility index (Phi) is 22.4. The average molecular weight is 1190 g/mol. The van der Waals surface area contributed by atoms with Crippen molar-refractivity contribution in [1.82, 2.24) is 45.2 Å². The molecule has 10 atom stereocenters. The lowest BCUT2D eigenvalue weighted by Gasteiger charge is -2.45. The van der Waals surface area contributed by atoms with E-state index in [1.807, 2.05) is 30.5 Å². The summed E-state index contributed by atoms with van der Waals surface area (Å²) in [4.78, 5) is 62.1. The van der Waals surface area contributed by atoms with Crippen LogP contribution in [0.1, 0.15) is 143 Å². The van der Waals surface area contributed by atoms with Gasteiger partial charge in [-0.15, -0.1) is 13.9 Å². The SMILES string of the molecule is CC[C@H]1O[C@@H](n2cnc3c(NC(=O)c4ccccc4)ncnc32)[C@H](O[Si](C(C)C)(C(C)C)C(C)C)[C@H]1O[P+](=O)O.CC[C@H]1O[C@@H](n2cnc3c(NC(=O)c4ccccc4)ncnc32)[C@H](O[Si](C(C)C)(C(C)C)C(C)C)[C@H]1O[P+](C)=O.N. The number of fused-ring (bicyclic) bond motifs is 2. The highest BCUT2D eigenvalue weighted by atomic mass is 31.1. The summed E-state index contributed by atoms with van der Waals surface area (Å²) in [6.07, 6.45) is 2.49. The zero-order valence-corrected chi connectivity index (χ0v) is 53.1. The van der Waals surface area contributed by atoms with Crippen LogP contribution in [0.25, 0.3) is 22.3 Å². The number of amides is 2. The van der Waals surface area contributed by atoms with Crippen LogP contribution in [-0.4, -0.2) is 116 Å². The fourth-order valence-corrected chi connectivity index (χ4v) is 24.5. The maximum atomic E-state index is 12.9. The Labute approximate surface area is 479 Å². The van der Waals surface area contributed by atoms with E-state index in [1.165, 1.54) is 12.7 Å². The fraction of sp³-hybridized carbons (Fsp3) is 0.564. The van der Waals surface area contributed by atoms with E-state index in [0.29, 0.717) is 68.7 Å². The summed E-state index contributed by atoms with van der Waals surface area (Å²) in [5.74, 6) is -0.0379. The van der Waals surface area contributed by atoms with Crippen molar-refractivity contribution in [3.8, 4) is 0 Å². The number of rotatable bonds is 22. The first-order valence-electron chi connectivity index (χ1n) is 27.7. The lowest BCUT2D eigenvalue weighted by atomic mass is 10.1. The molecule has 2 aliphatic heterocycles. The van der Waals surface area contributed by atoms with Gasteiger partial charge in [-0.25, -0.2) is 29.9 Å². The summed E-state index contributed by atoms with van der Waals surface area (Å²) < 4.78 is 67.0. The lowest BCUT2D eigenvalue weighted by Crippen LogP contribution is -2.53. The Morgan fingerprint density at radius 3 is 1.22 bits per heavy atom. The number of anilines is 2. The summed E-state index contributed by atoms with van der Waals surface area (Å²) in [7, 11) is -9.68. The van der Waals surface area contributed by atoms with Crippen molar-refractivity contribution >= 4 is 78.7 Å². The second-order valence-electron chi connectivity index (χ2n) is 22.3. The predicted molar refractivity (Wildman–Crippen MR) is 318 cm³/mol. The van der Waals surface area contributed by atoms with Crippen molar-refractivity contribution in [1.29, 1.82) is 0 Å². The molecule has 0 spiro atoms. The second-order valence-corrected chi connectivity index (χ2v) is 34.9. The average Bonchev–Trinajstić information content (AvgIpc) is 4.21. The minimum Gasteiger partial charge on any atom is -0.406 e. The highest BCUT2D eigenvalue weighted by molar-refractivity contribution is 7.38. The van der Waals surface area contributed by atoms with Crippen LogP contribution in [0.5, 0.6) is 0 Å². The van der Waals surface area contributed by atoms with Gasteiger partial charge in [-0.1, -0.05) is 133 Å². The van der Waals surface area contributed by atoms with Crippen LogP contribution in [0.4, 0.5) is 11.6 Å². The van der Waals surface area contributed by atoms with E-state index >= 15 is 0 Å². The van der Waals surface area contributed by atoms with Crippen molar-refractivity contribution in [2.75, 3.05) is 17.3 Å². The van der Waals surface area contributed by atoms with Gasteiger partial charge in [0.2, 0.25) is 16.6 Å². The van der Waals surface area contributed by atoms with E-state index in [1.54, 1.807) is 72.4 Å². The zero-order valence-electron chi connectivity index (χ0n) is 49.3. The van der Waals surface area contributed by atoms with Crippen LogP contribution in [0.2, 0.25) is 33.2 Å². The van der Waals surface area contributed by atoms with Gasteiger partial charge in [0.15, 0.2) is 65.3 Å². The van der Waals surface area contributed by atoms with Gasteiger partial charge < -0.3 is 35.1 Å². The number of imidazole rings is 2. The van der Waals surface area contributed by atoms with E-state index in [9.17, 15) is 23.6 Å². The van der Waals surface area contributed by atoms with Crippen LogP contribution in [-0.2, 0) is 36.5 Å². The third kappa shape index (κ3) is 13.6. The Balaban J connectivity index is 0.000000258. The third-order valence-electron chi connectivity index (χ3n) is 15.8. The molecule has 0 saturated carbocycles. The quantitative estimate of drug-likeness (QED) is 0.0363. The van der Waals surface area contributed by atoms with Crippen LogP contribution < -0.4 is 16.8 Å². The topological polar surface area (TPSA) is 290 Å². The minimum atomic E-state index is -2.90. The first-order chi connectivity index (χ1) is 38.0. The molecule has 8 rings (SSSR count). The number of carbonyl (C=O) groups is 2. The Bertz CT molecular complexity index is 2840. The zero-order chi connectivity index (χ0) is 58.4. The number of hydrogen-bond acceptors (Lipinski definition) is 17. The molecule has 26 heteroatoms.